The topological polar surface area (TPSA) is 127 Å². The molecule has 0 radical (unpaired) electrons. The van der Waals surface area contributed by atoms with E-state index in [1.165, 1.54) is 10.0 Å². The van der Waals surface area contributed by atoms with Gasteiger partial charge in [0, 0.05) is 6.54 Å². The van der Waals surface area contributed by atoms with Gasteiger partial charge in [-0.25, -0.2) is 20.0 Å². The second-order valence-electron chi connectivity index (χ2n) is 4.00. The quantitative estimate of drug-likeness (QED) is 0.484. The Labute approximate surface area is 95.9 Å². The molecule has 2 unspecified atom stereocenters. The van der Waals surface area contributed by atoms with E-state index in [4.69, 9.17) is 5.84 Å². The Hall–Kier alpha value is -1.88. The van der Waals surface area contributed by atoms with Gasteiger partial charge in [-0.15, -0.1) is 14.7 Å². The van der Waals surface area contributed by atoms with E-state index in [2.05, 4.69) is 15.9 Å². The molecule has 0 bridgehead atoms. The van der Waals surface area contributed by atoms with Gasteiger partial charge < -0.3 is 0 Å². The maximum atomic E-state index is 10.7. The summed E-state index contributed by atoms with van der Waals surface area (Å²) >= 11 is 0. The van der Waals surface area contributed by atoms with Gasteiger partial charge in [0.05, 0.1) is 34.5 Å². The summed E-state index contributed by atoms with van der Waals surface area (Å²) in [5, 5.41) is 13.2. The largest absolute Gasteiger partial charge is 0.267 e. The first kappa shape index (κ1) is 11.6. The third-order valence-corrected chi connectivity index (χ3v) is 2.99. The molecule has 0 saturated carbocycles. The molecule has 2 aliphatic heterocycles. The van der Waals surface area contributed by atoms with E-state index in [0.717, 1.165) is 10.0 Å². The molecule has 0 aromatic rings. The molecule has 0 amide bonds. The fourth-order valence-corrected chi connectivity index (χ4v) is 2.20. The van der Waals surface area contributed by atoms with Gasteiger partial charge in [-0.3, -0.25) is 5.84 Å². The summed E-state index contributed by atoms with van der Waals surface area (Å²) in [4.78, 5) is 31.9. The maximum absolute atomic E-state index is 10.7. The van der Waals surface area contributed by atoms with Crippen molar-refractivity contribution in [2.75, 3.05) is 26.4 Å². The van der Waals surface area contributed by atoms with Gasteiger partial charge in [0.25, 0.3) is 0 Å². The molecule has 2 fully saturated rings. The highest BCUT2D eigenvalue weighted by molar-refractivity contribution is 4.93. The zero-order chi connectivity index (χ0) is 12.4. The van der Waals surface area contributed by atoms with Crippen LogP contribution in [0.4, 0.5) is 0 Å². The average molecular weight is 244 g/mol. The van der Waals surface area contributed by atoms with Crippen LogP contribution in [-0.2, 0) is 0 Å². The van der Waals surface area contributed by atoms with E-state index in [1.807, 2.05) is 0 Å². The van der Waals surface area contributed by atoms with Crippen LogP contribution < -0.4 is 5.84 Å². The number of hydrogen-bond donors (Lipinski definition) is 1. The normalized spacial score (nSPS) is 29.8. The minimum Gasteiger partial charge on any atom is -0.267 e. The number of nitroso groups, excluding NO2 is 3. The van der Waals surface area contributed by atoms with Crippen molar-refractivity contribution in [3.05, 3.63) is 14.7 Å². The third-order valence-electron chi connectivity index (χ3n) is 2.99. The lowest BCUT2D eigenvalue weighted by molar-refractivity contribution is -0.0919. The first-order valence-corrected chi connectivity index (χ1v) is 4.97. The van der Waals surface area contributed by atoms with Crippen molar-refractivity contribution < 1.29 is 0 Å². The Bertz CT molecular complexity index is 326. The maximum Gasteiger partial charge on any atom is 0.130 e. The van der Waals surface area contributed by atoms with Gasteiger partial charge in [0.15, 0.2) is 0 Å². The van der Waals surface area contributed by atoms with E-state index in [0.29, 0.717) is 6.54 Å². The SMILES string of the molecule is NN1CC2C(CN(N=O)CN2N=O)N(N=O)C1. The summed E-state index contributed by atoms with van der Waals surface area (Å²) in [6, 6.07) is -0.793. The van der Waals surface area contributed by atoms with Crippen molar-refractivity contribution in [1.29, 1.82) is 0 Å². The van der Waals surface area contributed by atoms with Crippen molar-refractivity contribution in [2.45, 2.75) is 12.1 Å². The second kappa shape index (κ2) is 4.55. The number of hydrogen-bond acceptors (Lipinski definition) is 8. The molecule has 0 aromatic heterocycles. The molecule has 2 atom stereocenters. The zero-order valence-electron chi connectivity index (χ0n) is 8.92. The summed E-state index contributed by atoms with van der Waals surface area (Å²) in [5.41, 5.74) is 0. The molecule has 2 heterocycles. The van der Waals surface area contributed by atoms with E-state index >= 15 is 0 Å². The number of nitrogens with two attached hydrogens (primary N) is 1. The van der Waals surface area contributed by atoms with Crippen molar-refractivity contribution in [3.63, 3.8) is 0 Å². The molecule has 2 aliphatic rings. The highest BCUT2D eigenvalue weighted by Crippen LogP contribution is 2.24. The van der Waals surface area contributed by atoms with E-state index < -0.39 is 6.04 Å². The van der Waals surface area contributed by atoms with Crippen LogP contribution in [0.15, 0.2) is 15.9 Å². The molecular weight excluding hydrogens is 232 g/mol. The van der Waals surface area contributed by atoms with E-state index in [9.17, 15) is 14.7 Å². The first-order chi connectivity index (χ1) is 8.19. The Morgan fingerprint density at radius 3 is 2.06 bits per heavy atom. The van der Waals surface area contributed by atoms with Crippen LogP contribution in [0.2, 0.25) is 0 Å². The van der Waals surface area contributed by atoms with Crippen LogP contribution in [-0.4, -0.2) is 58.5 Å². The lowest BCUT2D eigenvalue weighted by Gasteiger charge is -2.48. The van der Waals surface area contributed by atoms with Crippen LogP contribution in [0, 0.1) is 14.7 Å². The molecule has 0 spiro atoms. The van der Waals surface area contributed by atoms with Crippen molar-refractivity contribution >= 4 is 0 Å². The van der Waals surface area contributed by atoms with Crippen LogP contribution >= 0.6 is 0 Å². The highest BCUT2D eigenvalue weighted by atomic mass is 16.3. The lowest BCUT2D eigenvalue weighted by atomic mass is 10.0. The molecule has 11 nitrogen and oxygen atoms in total. The van der Waals surface area contributed by atoms with E-state index in [-0.39, 0.29) is 25.9 Å². The predicted octanol–water partition coefficient (Wildman–Crippen LogP) is -1.21. The molecule has 2 saturated heterocycles. The van der Waals surface area contributed by atoms with Crippen molar-refractivity contribution in [1.82, 2.24) is 20.0 Å². The summed E-state index contributed by atoms with van der Waals surface area (Å²) in [5.74, 6) is 5.62. The number of hydrazine groups is 1. The monoisotopic (exact) mass is 244 g/mol. The van der Waals surface area contributed by atoms with Gasteiger partial charge in [0.1, 0.15) is 13.3 Å². The van der Waals surface area contributed by atoms with Crippen LogP contribution in [0.1, 0.15) is 0 Å². The minimum atomic E-state index is -0.420. The number of rotatable bonds is 3. The summed E-state index contributed by atoms with van der Waals surface area (Å²) in [6.07, 6.45) is 0. The Kier molecular flexibility index (Phi) is 3.10. The Morgan fingerprint density at radius 1 is 0.882 bits per heavy atom. The Balaban J connectivity index is 2.21. The zero-order valence-corrected chi connectivity index (χ0v) is 8.92. The Morgan fingerprint density at radius 2 is 1.47 bits per heavy atom. The number of nitrogens with zero attached hydrogens (tertiary/aromatic N) is 7. The summed E-state index contributed by atoms with van der Waals surface area (Å²) in [7, 11) is 0. The van der Waals surface area contributed by atoms with Crippen LogP contribution in [0.3, 0.4) is 0 Å². The van der Waals surface area contributed by atoms with Gasteiger partial charge in [-0.2, -0.15) is 0 Å². The second-order valence-corrected chi connectivity index (χ2v) is 4.00. The van der Waals surface area contributed by atoms with Gasteiger partial charge in [0.2, 0.25) is 0 Å². The molecule has 17 heavy (non-hydrogen) atoms. The standard InChI is InChI=1S/C6H12N8O3/c7-11-1-5-6(13(3-11)9-16)2-12(8-15)4-14(5)10-17/h5-6H,1-4,7H2. The molecule has 11 heteroatoms. The average Bonchev–Trinajstić information content (AvgIpc) is 2.36. The molecule has 0 aliphatic carbocycles. The van der Waals surface area contributed by atoms with Crippen LogP contribution in [0.5, 0.6) is 0 Å². The van der Waals surface area contributed by atoms with Crippen molar-refractivity contribution in [2.24, 2.45) is 21.7 Å². The molecular formula is C6H12N8O3. The smallest absolute Gasteiger partial charge is 0.130 e. The lowest BCUT2D eigenvalue weighted by Crippen LogP contribution is -2.68. The van der Waals surface area contributed by atoms with Crippen molar-refractivity contribution in [3.8, 4) is 0 Å². The number of fused-ring (bicyclic) bond motifs is 1. The molecule has 2 N–H and O–H groups in total. The van der Waals surface area contributed by atoms with Gasteiger partial charge in [-0.1, -0.05) is 0 Å². The molecule has 2 rings (SSSR count). The summed E-state index contributed by atoms with van der Waals surface area (Å²) < 4.78 is 0. The summed E-state index contributed by atoms with van der Waals surface area (Å²) in [6.45, 7) is 0.730. The van der Waals surface area contributed by atoms with Gasteiger partial charge >= 0.3 is 0 Å². The predicted molar refractivity (Wildman–Crippen MR) is 56.0 cm³/mol. The fraction of sp³-hybridized carbons (Fsp3) is 1.00. The van der Waals surface area contributed by atoms with Gasteiger partial charge in [-0.05, 0) is 0 Å². The highest BCUT2D eigenvalue weighted by Gasteiger charge is 2.44. The molecule has 94 valence electrons. The molecule has 0 aromatic carbocycles. The minimum absolute atomic E-state index is 0.00525. The fourth-order valence-electron chi connectivity index (χ4n) is 2.20. The van der Waals surface area contributed by atoms with Crippen LogP contribution in [0.25, 0.3) is 0 Å². The third kappa shape index (κ3) is 2.01. The van der Waals surface area contributed by atoms with E-state index in [1.54, 1.807) is 0 Å². The first-order valence-electron chi connectivity index (χ1n) is 4.97.